The molecule has 0 spiro atoms. The van der Waals surface area contributed by atoms with Crippen molar-refractivity contribution in [3.8, 4) is 0 Å². The average molecular weight is 501 g/mol. The predicted molar refractivity (Wildman–Crippen MR) is 133 cm³/mol. The average Bonchev–Trinajstić information content (AvgIpc) is 3.33. The van der Waals surface area contributed by atoms with E-state index in [4.69, 9.17) is 10.2 Å². The highest BCUT2D eigenvalue weighted by molar-refractivity contribution is 5.98. The molecule has 11 heteroatoms. The molecule has 2 aromatic rings. The molecule has 0 bridgehead atoms. The standard InChI is InChI=1S/C25H36N6O5/c1-15(2)12-31(17-9-16(20(26)32)13-30(14-17)24(34)35)22(33)19-11-28-23(25(3,4)5)29-21(19)27-10-18-7-6-8-36-18/h6-8,11,15-17H,9-10,12-14H2,1-5H3,(H2,26,32)(H,34,35)(H,27,28,29)/t16-,17+/m1/s1. The van der Waals surface area contributed by atoms with Gasteiger partial charge in [0.2, 0.25) is 5.91 Å². The molecule has 4 N–H and O–H groups in total. The van der Waals surface area contributed by atoms with E-state index in [2.05, 4.69) is 15.3 Å². The van der Waals surface area contributed by atoms with Crippen LogP contribution in [0.4, 0.5) is 10.6 Å². The van der Waals surface area contributed by atoms with Crippen LogP contribution in [0.15, 0.2) is 29.0 Å². The molecule has 1 aliphatic heterocycles. The molecule has 2 atom stereocenters. The Bertz CT molecular complexity index is 1060. The smallest absolute Gasteiger partial charge is 0.407 e. The Morgan fingerprint density at radius 3 is 2.58 bits per heavy atom. The topological polar surface area (TPSA) is 155 Å². The van der Waals surface area contributed by atoms with E-state index in [9.17, 15) is 19.5 Å². The number of piperidine rings is 1. The highest BCUT2D eigenvalue weighted by atomic mass is 16.4. The number of furan rings is 1. The van der Waals surface area contributed by atoms with Crippen LogP contribution in [-0.2, 0) is 16.8 Å². The molecule has 196 valence electrons. The molecule has 0 saturated carbocycles. The van der Waals surface area contributed by atoms with Crippen LogP contribution in [0.1, 0.15) is 63.0 Å². The first-order chi connectivity index (χ1) is 16.9. The highest BCUT2D eigenvalue weighted by Crippen LogP contribution is 2.27. The molecular formula is C25H36N6O5. The highest BCUT2D eigenvalue weighted by Gasteiger charge is 2.38. The van der Waals surface area contributed by atoms with Crippen molar-refractivity contribution < 1.29 is 23.9 Å². The Morgan fingerprint density at radius 1 is 1.31 bits per heavy atom. The number of nitrogens with one attached hydrogen (secondary N) is 1. The number of primary amides is 1. The molecule has 0 radical (unpaired) electrons. The second kappa shape index (κ2) is 11.0. The van der Waals surface area contributed by atoms with Crippen LogP contribution >= 0.6 is 0 Å². The summed E-state index contributed by atoms with van der Waals surface area (Å²) in [4.78, 5) is 49.7. The van der Waals surface area contributed by atoms with Gasteiger partial charge in [-0.05, 0) is 24.5 Å². The number of nitrogens with two attached hydrogens (primary N) is 1. The van der Waals surface area contributed by atoms with Gasteiger partial charge in [0, 0.05) is 31.2 Å². The van der Waals surface area contributed by atoms with Gasteiger partial charge in [-0.25, -0.2) is 14.8 Å². The Hall–Kier alpha value is -3.63. The number of carboxylic acid groups (broad SMARTS) is 1. The number of hydrogen-bond donors (Lipinski definition) is 3. The molecular weight excluding hydrogens is 464 g/mol. The normalized spacial score (nSPS) is 18.2. The Kier molecular flexibility index (Phi) is 8.21. The van der Waals surface area contributed by atoms with Crippen LogP contribution < -0.4 is 11.1 Å². The third-order valence-electron chi connectivity index (χ3n) is 6.07. The first kappa shape index (κ1) is 27.0. The van der Waals surface area contributed by atoms with Gasteiger partial charge in [0.05, 0.1) is 24.8 Å². The zero-order valence-corrected chi connectivity index (χ0v) is 21.5. The van der Waals surface area contributed by atoms with E-state index < -0.39 is 24.0 Å². The maximum absolute atomic E-state index is 14.0. The van der Waals surface area contributed by atoms with Crippen molar-refractivity contribution in [3.05, 3.63) is 41.7 Å². The van der Waals surface area contributed by atoms with Gasteiger partial charge in [-0.1, -0.05) is 34.6 Å². The maximum atomic E-state index is 14.0. The summed E-state index contributed by atoms with van der Waals surface area (Å²) in [5.74, 6) is 0.0985. The minimum Gasteiger partial charge on any atom is -0.467 e. The van der Waals surface area contributed by atoms with Gasteiger partial charge in [0.1, 0.15) is 23.0 Å². The lowest BCUT2D eigenvalue weighted by Gasteiger charge is -2.41. The van der Waals surface area contributed by atoms with Gasteiger partial charge in [0.25, 0.3) is 5.91 Å². The number of carbonyl (C=O) groups excluding carboxylic acids is 2. The quantitative estimate of drug-likeness (QED) is 0.500. The van der Waals surface area contributed by atoms with Crippen LogP contribution in [0.2, 0.25) is 0 Å². The van der Waals surface area contributed by atoms with Gasteiger partial charge in [-0.3, -0.25) is 9.59 Å². The summed E-state index contributed by atoms with van der Waals surface area (Å²) in [5.41, 5.74) is 5.46. The van der Waals surface area contributed by atoms with Gasteiger partial charge < -0.3 is 30.4 Å². The molecule has 2 aromatic heterocycles. The largest absolute Gasteiger partial charge is 0.467 e. The van der Waals surface area contributed by atoms with Crippen molar-refractivity contribution >= 4 is 23.7 Å². The van der Waals surface area contributed by atoms with Crippen molar-refractivity contribution in [2.24, 2.45) is 17.6 Å². The first-order valence-corrected chi connectivity index (χ1v) is 12.1. The molecule has 1 saturated heterocycles. The maximum Gasteiger partial charge on any atom is 0.407 e. The summed E-state index contributed by atoms with van der Waals surface area (Å²) in [5, 5.41) is 12.8. The minimum atomic E-state index is -1.15. The summed E-state index contributed by atoms with van der Waals surface area (Å²) >= 11 is 0. The number of hydrogen-bond acceptors (Lipinski definition) is 7. The van der Waals surface area contributed by atoms with E-state index in [1.54, 1.807) is 17.2 Å². The third kappa shape index (κ3) is 6.52. The fourth-order valence-electron chi connectivity index (χ4n) is 4.22. The Labute approximate surface area is 211 Å². The van der Waals surface area contributed by atoms with Crippen molar-refractivity contribution in [2.75, 3.05) is 25.0 Å². The van der Waals surface area contributed by atoms with Gasteiger partial charge in [-0.15, -0.1) is 0 Å². The van der Waals surface area contributed by atoms with Gasteiger partial charge >= 0.3 is 6.09 Å². The van der Waals surface area contributed by atoms with Crippen LogP contribution in [-0.4, -0.2) is 68.5 Å². The zero-order valence-electron chi connectivity index (χ0n) is 21.5. The molecule has 0 aliphatic carbocycles. The molecule has 3 rings (SSSR count). The molecule has 3 amide bonds. The van der Waals surface area contributed by atoms with Crippen molar-refractivity contribution in [1.29, 1.82) is 0 Å². The van der Waals surface area contributed by atoms with Crippen molar-refractivity contribution in [3.63, 3.8) is 0 Å². The second-order valence-corrected chi connectivity index (χ2v) is 10.7. The van der Waals surface area contributed by atoms with E-state index in [1.807, 2.05) is 40.7 Å². The monoisotopic (exact) mass is 500 g/mol. The van der Waals surface area contributed by atoms with E-state index in [0.717, 1.165) is 4.90 Å². The molecule has 0 aromatic carbocycles. The number of carbonyl (C=O) groups is 3. The first-order valence-electron chi connectivity index (χ1n) is 12.1. The van der Waals surface area contributed by atoms with Crippen molar-refractivity contribution in [1.82, 2.24) is 19.8 Å². The molecule has 3 heterocycles. The van der Waals surface area contributed by atoms with E-state index in [1.165, 1.54) is 6.20 Å². The van der Waals surface area contributed by atoms with Crippen LogP contribution in [0.25, 0.3) is 0 Å². The lowest BCUT2D eigenvalue weighted by atomic mass is 9.92. The van der Waals surface area contributed by atoms with Gasteiger partial charge in [-0.2, -0.15) is 0 Å². The van der Waals surface area contributed by atoms with E-state index in [-0.39, 0.29) is 42.3 Å². The summed E-state index contributed by atoms with van der Waals surface area (Å²) in [6.07, 6.45) is 2.21. The number of aromatic nitrogens is 2. The number of anilines is 1. The summed E-state index contributed by atoms with van der Waals surface area (Å²) < 4.78 is 5.41. The lowest BCUT2D eigenvalue weighted by Crippen LogP contribution is -2.56. The van der Waals surface area contributed by atoms with Crippen molar-refractivity contribution in [2.45, 2.75) is 59.0 Å². The Morgan fingerprint density at radius 2 is 2.03 bits per heavy atom. The summed E-state index contributed by atoms with van der Waals surface area (Å²) in [6, 6.07) is 3.07. The summed E-state index contributed by atoms with van der Waals surface area (Å²) in [7, 11) is 0. The SMILES string of the molecule is CC(C)CN(C(=O)c1cnc(C(C)(C)C)nc1NCc1ccco1)[C@H]1C[C@@H](C(N)=O)CN(C(=O)O)C1. The van der Waals surface area contributed by atoms with E-state index >= 15 is 0 Å². The van der Waals surface area contributed by atoms with E-state index in [0.29, 0.717) is 30.5 Å². The molecule has 11 nitrogen and oxygen atoms in total. The molecule has 1 aliphatic rings. The predicted octanol–water partition coefficient (Wildman–Crippen LogP) is 2.93. The van der Waals surface area contributed by atoms with Crippen LogP contribution in [0, 0.1) is 11.8 Å². The lowest BCUT2D eigenvalue weighted by molar-refractivity contribution is -0.124. The number of nitrogens with zero attached hydrogens (tertiary/aromatic N) is 4. The second-order valence-electron chi connectivity index (χ2n) is 10.7. The van der Waals surface area contributed by atoms with Gasteiger partial charge in [0.15, 0.2) is 0 Å². The molecule has 36 heavy (non-hydrogen) atoms. The molecule has 1 fully saturated rings. The minimum absolute atomic E-state index is 0.0181. The number of amides is 3. The fourth-order valence-corrected chi connectivity index (χ4v) is 4.22. The number of likely N-dealkylation sites (tertiary alicyclic amines) is 1. The zero-order chi connectivity index (χ0) is 26.6. The third-order valence-corrected chi connectivity index (χ3v) is 6.07. The number of rotatable bonds is 8. The molecule has 0 unspecified atom stereocenters. The summed E-state index contributed by atoms with van der Waals surface area (Å²) in [6.45, 7) is 10.7. The van der Waals surface area contributed by atoms with Crippen LogP contribution in [0.3, 0.4) is 0 Å². The fraction of sp³-hybridized carbons (Fsp3) is 0.560. The Balaban J connectivity index is 1.99. The van der Waals surface area contributed by atoms with Crippen LogP contribution in [0.5, 0.6) is 0 Å².